The first kappa shape index (κ1) is 11.0. The van der Waals surface area contributed by atoms with Crippen LogP contribution in [-0.2, 0) is 4.79 Å². The van der Waals surface area contributed by atoms with E-state index in [1.165, 1.54) is 23.7 Å². The summed E-state index contributed by atoms with van der Waals surface area (Å²) in [6, 6.07) is 6.74. The fraction of sp³-hybridized carbons (Fsp3) is 0. The molecule has 0 radical (unpaired) electrons. The van der Waals surface area contributed by atoms with Gasteiger partial charge in [-0.2, -0.15) is 0 Å². The molecular formula is C11H7ClO3S. The second-order valence-corrected chi connectivity index (χ2v) is 4.70. The van der Waals surface area contributed by atoms with Crippen molar-refractivity contribution < 1.29 is 14.3 Å². The van der Waals surface area contributed by atoms with E-state index in [1.54, 1.807) is 24.3 Å². The van der Waals surface area contributed by atoms with Gasteiger partial charge in [0.15, 0.2) is 0 Å². The van der Waals surface area contributed by atoms with E-state index in [0.29, 0.717) is 15.0 Å². The number of carbonyl (C=O) groups is 1. The SMILES string of the molecule is O=C(O)/C(=C\c1ccco1)c1ccc(Cl)s1. The zero-order valence-electron chi connectivity index (χ0n) is 8.01. The number of carboxylic acids is 1. The lowest BCUT2D eigenvalue weighted by molar-refractivity contribution is -0.130. The van der Waals surface area contributed by atoms with Gasteiger partial charge in [-0.05, 0) is 30.3 Å². The van der Waals surface area contributed by atoms with E-state index in [4.69, 9.17) is 21.1 Å². The van der Waals surface area contributed by atoms with Crippen LogP contribution in [0.3, 0.4) is 0 Å². The van der Waals surface area contributed by atoms with E-state index in [2.05, 4.69) is 0 Å². The Kier molecular flexibility index (Phi) is 3.12. The monoisotopic (exact) mass is 254 g/mol. The van der Waals surface area contributed by atoms with Gasteiger partial charge in [0.1, 0.15) is 5.76 Å². The molecule has 0 aromatic carbocycles. The highest BCUT2D eigenvalue weighted by molar-refractivity contribution is 7.17. The molecule has 0 unspecified atom stereocenters. The van der Waals surface area contributed by atoms with E-state index < -0.39 is 5.97 Å². The van der Waals surface area contributed by atoms with Crippen LogP contribution in [-0.4, -0.2) is 11.1 Å². The molecule has 0 aliphatic carbocycles. The second-order valence-electron chi connectivity index (χ2n) is 2.98. The number of rotatable bonds is 3. The maximum absolute atomic E-state index is 11.1. The van der Waals surface area contributed by atoms with Crippen LogP contribution in [0.25, 0.3) is 11.6 Å². The van der Waals surface area contributed by atoms with Crippen LogP contribution in [0.4, 0.5) is 0 Å². The molecule has 0 saturated carbocycles. The molecule has 0 bridgehead atoms. The van der Waals surface area contributed by atoms with E-state index in [9.17, 15) is 4.79 Å². The summed E-state index contributed by atoms with van der Waals surface area (Å²) in [6.07, 6.45) is 2.97. The van der Waals surface area contributed by atoms with Crippen molar-refractivity contribution in [2.75, 3.05) is 0 Å². The van der Waals surface area contributed by atoms with Gasteiger partial charge in [0, 0.05) is 4.88 Å². The highest BCUT2D eigenvalue weighted by atomic mass is 35.5. The molecule has 0 aliphatic rings. The zero-order valence-corrected chi connectivity index (χ0v) is 9.59. The summed E-state index contributed by atoms with van der Waals surface area (Å²) in [4.78, 5) is 11.7. The smallest absolute Gasteiger partial charge is 0.337 e. The van der Waals surface area contributed by atoms with Gasteiger partial charge in [-0.1, -0.05) is 11.6 Å². The average molecular weight is 255 g/mol. The Morgan fingerprint density at radius 1 is 1.44 bits per heavy atom. The molecule has 2 aromatic heterocycles. The predicted molar refractivity (Wildman–Crippen MR) is 63.5 cm³/mol. The first-order valence-electron chi connectivity index (χ1n) is 4.41. The summed E-state index contributed by atoms with van der Waals surface area (Å²) in [7, 11) is 0. The van der Waals surface area contributed by atoms with Crippen LogP contribution in [0.1, 0.15) is 10.6 Å². The average Bonchev–Trinajstić information content (AvgIpc) is 2.84. The third-order valence-corrected chi connectivity index (χ3v) is 3.16. The van der Waals surface area contributed by atoms with Gasteiger partial charge in [-0.25, -0.2) is 4.79 Å². The summed E-state index contributed by atoms with van der Waals surface area (Å²) < 4.78 is 5.63. The van der Waals surface area contributed by atoms with Crippen molar-refractivity contribution >= 4 is 40.6 Å². The molecule has 0 amide bonds. The third kappa shape index (κ3) is 2.35. The highest BCUT2D eigenvalue weighted by Crippen LogP contribution is 2.29. The Bertz CT molecular complexity index is 525. The number of carboxylic acid groups (broad SMARTS) is 1. The Balaban J connectivity index is 2.42. The van der Waals surface area contributed by atoms with Crippen molar-refractivity contribution in [1.82, 2.24) is 0 Å². The normalized spacial score (nSPS) is 11.7. The van der Waals surface area contributed by atoms with Gasteiger partial charge in [0.05, 0.1) is 16.2 Å². The minimum absolute atomic E-state index is 0.173. The van der Waals surface area contributed by atoms with Crippen molar-refractivity contribution in [3.8, 4) is 0 Å². The molecule has 0 aliphatic heterocycles. The lowest BCUT2D eigenvalue weighted by Crippen LogP contribution is -1.97. The van der Waals surface area contributed by atoms with Crippen molar-refractivity contribution in [1.29, 1.82) is 0 Å². The van der Waals surface area contributed by atoms with Crippen LogP contribution in [0.2, 0.25) is 4.34 Å². The summed E-state index contributed by atoms with van der Waals surface area (Å²) >= 11 is 6.99. The van der Waals surface area contributed by atoms with Crippen LogP contribution in [0.5, 0.6) is 0 Å². The zero-order chi connectivity index (χ0) is 11.5. The highest BCUT2D eigenvalue weighted by Gasteiger charge is 2.13. The minimum Gasteiger partial charge on any atom is -0.478 e. The van der Waals surface area contributed by atoms with E-state index in [0.717, 1.165) is 0 Å². The molecule has 2 heterocycles. The van der Waals surface area contributed by atoms with Gasteiger partial charge in [0.2, 0.25) is 0 Å². The molecule has 1 N–H and O–H groups in total. The molecule has 16 heavy (non-hydrogen) atoms. The third-order valence-electron chi connectivity index (χ3n) is 1.90. The second kappa shape index (κ2) is 4.55. The van der Waals surface area contributed by atoms with Crippen LogP contribution in [0, 0.1) is 0 Å². The molecule has 0 spiro atoms. The fourth-order valence-electron chi connectivity index (χ4n) is 1.21. The number of halogens is 1. The molecule has 0 fully saturated rings. The summed E-state index contributed by atoms with van der Waals surface area (Å²) in [5.74, 6) is -0.503. The minimum atomic E-state index is -1.00. The molecular weight excluding hydrogens is 248 g/mol. The molecule has 3 nitrogen and oxygen atoms in total. The number of aliphatic carboxylic acids is 1. The van der Waals surface area contributed by atoms with Gasteiger partial charge < -0.3 is 9.52 Å². The van der Waals surface area contributed by atoms with Crippen LogP contribution in [0.15, 0.2) is 34.9 Å². The lowest BCUT2D eigenvalue weighted by atomic mass is 10.2. The summed E-state index contributed by atoms with van der Waals surface area (Å²) in [5, 5.41) is 9.09. The van der Waals surface area contributed by atoms with Crippen LogP contribution >= 0.6 is 22.9 Å². The maximum Gasteiger partial charge on any atom is 0.337 e. The molecule has 2 rings (SSSR count). The van der Waals surface area contributed by atoms with Crippen molar-refractivity contribution in [3.05, 3.63) is 45.5 Å². The maximum atomic E-state index is 11.1. The van der Waals surface area contributed by atoms with Gasteiger partial charge in [-0.3, -0.25) is 0 Å². The summed E-state index contributed by atoms with van der Waals surface area (Å²) in [5.41, 5.74) is 0.173. The van der Waals surface area contributed by atoms with Crippen LogP contribution < -0.4 is 0 Å². The van der Waals surface area contributed by atoms with Gasteiger partial charge in [0.25, 0.3) is 0 Å². The number of hydrogen-bond acceptors (Lipinski definition) is 3. The molecule has 82 valence electrons. The first-order chi connectivity index (χ1) is 7.66. The lowest BCUT2D eigenvalue weighted by Gasteiger charge is -1.96. The number of furan rings is 1. The predicted octanol–water partition coefficient (Wildman–Crippen LogP) is 3.62. The largest absolute Gasteiger partial charge is 0.478 e. The Morgan fingerprint density at radius 2 is 2.25 bits per heavy atom. The Morgan fingerprint density at radius 3 is 2.75 bits per heavy atom. The summed E-state index contributed by atoms with van der Waals surface area (Å²) in [6.45, 7) is 0. The standard InChI is InChI=1S/C11H7ClO3S/c12-10-4-3-9(16-10)8(11(13)14)6-7-2-1-5-15-7/h1-6H,(H,13,14)/b8-6-. The van der Waals surface area contributed by atoms with Crippen molar-refractivity contribution in [2.24, 2.45) is 0 Å². The quantitative estimate of drug-likeness (QED) is 0.851. The molecule has 5 heteroatoms. The molecule has 0 atom stereocenters. The van der Waals surface area contributed by atoms with Gasteiger partial charge in [-0.15, -0.1) is 11.3 Å². The topological polar surface area (TPSA) is 50.4 Å². The van der Waals surface area contributed by atoms with E-state index >= 15 is 0 Å². The van der Waals surface area contributed by atoms with Gasteiger partial charge >= 0.3 is 5.97 Å². The Hall–Kier alpha value is -1.52. The van der Waals surface area contributed by atoms with Crippen molar-refractivity contribution in [2.45, 2.75) is 0 Å². The van der Waals surface area contributed by atoms with E-state index in [1.807, 2.05) is 0 Å². The molecule has 2 aromatic rings. The van der Waals surface area contributed by atoms with E-state index in [-0.39, 0.29) is 5.57 Å². The first-order valence-corrected chi connectivity index (χ1v) is 5.60. The van der Waals surface area contributed by atoms with Crippen molar-refractivity contribution in [3.63, 3.8) is 0 Å². The Labute approximate surface area is 101 Å². The number of hydrogen-bond donors (Lipinski definition) is 1. The molecule has 0 saturated heterocycles. The fourth-order valence-corrected chi connectivity index (χ4v) is 2.26. The number of thiophene rings is 1.